The van der Waals surface area contributed by atoms with Crippen LogP contribution in [-0.2, 0) is 10.2 Å². The van der Waals surface area contributed by atoms with Gasteiger partial charge in [0.1, 0.15) is 29.4 Å². The molecule has 5 heterocycles. The lowest BCUT2D eigenvalue weighted by molar-refractivity contribution is -0.122. The number of carbonyl (C=O) groups is 1. The molecule has 0 saturated heterocycles. The Labute approximate surface area is 207 Å². The zero-order valence-corrected chi connectivity index (χ0v) is 19.3. The molecule has 0 radical (unpaired) electrons. The third kappa shape index (κ3) is 2.97. The van der Waals surface area contributed by atoms with Gasteiger partial charge in [-0.05, 0) is 42.0 Å². The lowest BCUT2D eigenvalue weighted by atomic mass is 9.77. The van der Waals surface area contributed by atoms with Crippen LogP contribution in [0, 0.1) is 0 Å². The van der Waals surface area contributed by atoms with Gasteiger partial charge in [0.25, 0.3) is 0 Å². The van der Waals surface area contributed by atoms with Crippen molar-refractivity contribution >= 4 is 23.2 Å². The molecule has 1 atom stereocenters. The van der Waals surface area contributed by atoms with Crippen LogP contribution in [0.1, 0.15) is 11.1 Å². The lowest BCUT2D eigenvalue weighted by Crippen LogP contribution is -2.44. The molecule has 3 aliphatic rings. The van der Waals surface area contributed by atoms with E-state index in [0.29, 0.717) is 30.3 Å². The van der Waals surface area contributed by atoms with E-state index in [1.54, 1.807) is 12.4 Å². The number of ether oxygens (including phenoxy) is 3. The Bertz CT molecular complexity index is 1420. The number of fused-ring (bicyclic) bond motifs is 5. The molecule has 4 aromatic rings. The van der Waals surface area contributed by atoms with Gasteiger partial charge in [-0.15, -0.1) is 0 Å². The van der Waals surface area contributed by atoms with Crippen molar-refractivity contribution in [3.8, 4) is 17.2 Å². The molecule has 0 fully saturated rings. The first kappa shape index (κ1) is 20.8. The van der Waals surface area contributed by atoms with Gasteiger partial charge in [-0.25, -0.2) is 9.97 Å². The summed E-state index contributed by atoms with van der Waals surface area (Å²) in [6.45, 7) is 1.37. The van der Waals surface area contributed by atoms with Gasteiger partial charge in [0.05, 0.1) is 0 Å². The van der Waals surface area contributed by atoms with E-state index in [1.807, 2.05) is 82.6 Å². The van der Waals surface area contributed by atoms with Gasteiger partial charge in [-0.1, -0.05) is 30.3 Å². The van der Waals surface area contributed by atoms with Crippen LogP contribution in [0.5, 0.6) is 17.2 Å². The molecule has 3 aliphatic heterocycles. The van der Waals surface area contributed by atoms with Crippen LogP contribution in [0.3, 0.4) is 0 Å². The van der Waals surface area contributed by atoms with Crippen LogP contribution >= 0.6 is 0 Å². The van der Waals surface area contributed by atoms with Crippen LogP contribution in [0.4, 0.5) is 17.3 Å². The van der Waals surface area contributed by atoms with E-state index in [1.165, 1.54) is 0 Å². The number of anilines is 3. The maximum absolute atomic E-state index is 14.3. The predicted molar refractivity (Wildman–Crippen MR) is 133 cm³/mol. The summed E-state index contributed by atoms with van der Waals surface area (Å²) in [6.07, 6.45) is 3.52. The second-order valence-corrected chi connectivity index (χ2v) is 8.90. The number of para-hydroxylation sites is 1. The van der Waals surface area contributed by atoms with Crippen molar-refractivity contribution in [2.75, 3.05) is 36.3 Å². The fourth-order valence-electron chi connectivity index (χ4n) is 5.36. The van der Waals surface area contributed by atoms with Crippen LogP contribution in [0.2, 0.25) is 0 Å². The maximum Gasteiger partial charge on any atom is 0.245 e. The van der Waals surface area contributed by atoms with Crippen LogP contribution in [-0.4, -0.2) is 42.4 Å². The van der Waals surface area contributed by atoms with E-state index < -0.39 is 5.41 Å². The molecular formula is C28H22N4O4. The Hall–Kier alpha value is -4.59. The zero-order valence-electron chi connectivity index (χ0n) is 19.3. The number of amides is 1. The molecule has 8 heteroatoms. The lowest BCUT2D eigenvalue weighted by Gasteiger charge is -2.27. The summed E-state index contributed by atoms with van der Waals surface area (Å²) in [7, 11) is 0. The minimum Gasteiger partial charge on any atom is -0.491 e. The van der Waals surface area contributed by atoms with Gasteiger partial charge in [-0.3, -0.25) is 4.79 Å². The Morgan fingerprint density at radius 1 is 0.806 bits per heavy atom. The molecule has 178 valence electrons. The molecule has 0 aliphatic carbocycles. The van der Waals surface area contributed by atoms with Crippen molar-refractivity contribution in [3.63, 3.8) is 0 Å². The van der Waals surface area contributed by atoms with Crippen molar-refractivity contribution in [2.24, 2.45) is 0 Å². The van der Waals surface area contributed by atoms with Gasteiger partial charge >= 0.3 is 0 Å². The zero-order chi connectivity index (χ0) is 24.1. The fraction of sp³-hybridized carbons (Fsp3) is 0.179. The van der Waals surface area contributed by atoms with Gasteiger partial charge in [0.2, 0.25) is 12.7 Å². The molecule has 36 heavy (non-hydrogen) atoms. The highest BCUT2D eigenvalue weighted by Crippen LogP contribution is 2.55. The third-order valence-corrected chi connectivity index (χ3v) is 7.04. The van der Waals surface area contributed by atoms with Crippen LogP contribution in [0.25, 0.3) is 0 Å². The topological polar surface area (TPSA) is 77.0 Å². The first-order valence-electron chi connectivity index (χ1n) is 11.8. The largest absolute Gasteiger partial charge is 0.491 e. The number of nitrogens with zero attached hydrogens (tertiary/aromatic N) is 4. The average Bonchev–Trinajstić information content (AvgIpc) is 3.61. The Balaban J connectivity index is 1.26. The highest BCUT2D eigenvalue weighted by molar-refractivity contribution is 6.11. The van der Waals surface area contributed by atoms with E-state index in [0.717, 1.165) is 28.5 Å². The molecular weight excluding hydrogens is 456 g/mol. The first-order valence-corrected chi connectivity index (χ1v) is 11.8. The fourth-order valence-corrected chi connectivity index (χ4v) is 5.36. The maximum atomic E-state index is 14.3. The molecule has 0 saturated carbocycles. The Morgan fingerprint density at radius 3 is 2.22 bits per heavy atom. The molecule has 2 aromatic carbocycles. The summed E-state index contributed by atoms with van der Waals surface area (Å²) in [6, 6.07) is 23.2. The normalized spacial score (nSPS) is 18.8. The smallest absolute Gasteiger partial charge is 0.245 e. The molecule has 2 aromatic heterocycles. The standard InChI is InChI=1S/C28H22N4O4/c33-27-28(17-34-22-16-24-23(15-20(22)28)35-18-36-24)19-7-1-2-8-21(19)31(27)13-14-32(25-9-3-5-11-29-25)26-10-4-6-12-30-26/h1-12,15-16H,13-14,17-18H2. The van der Waals surface area contributed by atoms with Gasteiger partial charge < -0.3 is 24.0 Å². The average molecular weight is 479 g/mol. The van der Waals surface area contributed by atoms with Crippen molar-refractivity contribution in [2.45, 2.75) is 5.41 Å². The van der Waals surface area contributed by atoms with E-state index in [2.05, 4.69) is 9.97 Å². The number of rotatable bonds is 5. The van der Waals surface area contributed by atoms with Crippen molar-refractivity contribution in [1.29, 1.82) is 0 Å². The highest BCUT2D eigenvalue weighted by Gasteiger charge is 2.57. The van der Waals surface area contributed by atoms with E-state index in [-0.39, 0.29) is 19.3 Å². The van der Waals surface area contributed by atoms with Crippen LogP contribution < -0.4 is 24.0 Å². The molecule has 1 spiro atoms. The summed E-state index contributed by atoms with van der Waals surface area (Å²) >= 11 is 0. The number of benzene rings is 2. The number of hydrogen-bond acceptors (Lipinski definition) is 7. The summed E-state index contributed by atoms with van der Waals surface area (Å²) < 4.78 is 17.2. The predicted octanol–water partition coefficient (Wildman–Crippen LogP) is 4.07. The van der Waals surface area contributed by atoms with Gasteiger partial charge in [0.15, 0.2) is 11.5 Å². The number of aromatic nitrogens is 2. The Kier molecular flexibility index (Phi) is 4.60. The van der Waals surface area contributed by atoms with Gasteiger partial charge in [0, 0.05) is 42.8 Å². The summed E-state index contributed by atoms with van der Waals surface area (Å²) in [5, 5.41) is 0. The number of carbonyl (C=O) groups excluding carboxylic acids is 1. The number of pyridine rings is 2. The van der Waals surface area contributed by atoms with Crippen molar-refractivity contribution < 1.29 is 19.0 Å². The highest BCUT2D eigenvalue weighted by atomic mass is 16.7. The van der Waals surface area contributed by atoms with E-state index in [9.17, 15) is 4.79 Å². The molecule has 1 unspecified atom stereocenters. The third-order valence-electron chi connectivity index (χ3n) is 7.04. The SMILES string of the molecule is O=C1N(CCN(c2ccccn2)c2ccccn2)c2ccccc2C12COc1cc3c(cc12)OCO3. The molecule has 8 nitrogen and oxygen atoms in total. The summed E-state index contributed by atoms with van der Waals surface area (Å²) in [5.74, 6) is 3.47. The molecule has 0 bridgehead atoms. The minimum absolute atomic E-state index is 0.0108. The number of hydrogen-bond donors (Lipinski definition) is 0. The molecule has 1 amide bonds. The summed E-state index contributed by atoms with van der Waals surface area (Å²) in [5.41, 5.74) is 1.72. The first-order chi connectivity index (χ1) is 17.8. The Morgan fingerprint density at radius 2 is 1.50 bits per heavy atom. The summed E-state index contributed by atoms with van der Waals surface area (Å²) in [4.78, 5) is 27.2. The second kappa shape index (κ2) is 7.98. The second-order valence-electron chi connectivity index (χ2n) is 8.90. The molecule has 0 N–H and O–H groups in total. The quantitative estimate of drug-likeness (QED) is 0.428. The van der Waals surface area contributed by atoms with Gasteiger partial charge in [-0.2, -0.15) is 0 Å². The molecule has 7 rings (SSSR count). The van der Waals surface area contributed by atoms with Crippen molar-refractivity contribution in [1.82, 2.24) is 9.97 Å². The van der Waals surface area contributed by atoms with E-state index in [4.69, 9.17) is 14.2 Å². The monoisotopic (exact) mass is 478 g/mol. The minimum atomic E-state index is -0.923. The van der Waals surface area contributed by atoms with Crippen molar-refractivity contribution in [3.05, 3.63) is 96.3 Å². The van der Waals surface area contributed by atoms with Crippen LogP contribution in [0.15, 0.2) is 85.2 Å². The van der Waals surface area contributed by atoms with E-state index >= 15 is 0 Å².